The molecule has 1 aliphatic heterocycles. The van der Waals surface area contributed by atoms with Crippen LogP contribution in [0, 0.1) is 11.8 Å². The summed E-state index contributed by atoms with van der Waals surface area (Å²) in [6.45, 7) is 1.20. The highest BCUT2D eigenvalue weighted by Gasteiger charge is 2.45. The number of carbonyl (C=O) groups is 3. The van der Waals surface area contributed by atoms with Gasteiger partial charge in [0, 0.05) is 19.5 Å². The van der Waals surface area contributed by atoms with Gasteiger partial charge in [0.05, 0.1) is 5.92 Å². The topological polar surface area (TPSA) is 86.7 Å². The lowest BCUT2D eigenvalue weighted by Gasteiger charge is -2.27. The zero-order valence-corrected chi connectivity index (χ0v) is 12.1. The fourth-order valence-corrected chi connectivity index (χ4v) is 3.45. The molecule has 1 saturated heterocycles. The summed E-state index contributed by atoms with van der Waals surface area (Å²) in [6, 6.07) is 0. The quantitative estimate of drug-likeness (QED) is 0.783. The van der Waals surface area contributed by atoms with Crippen LogP contribution in [0.1, 0.15) is 44.9 Å². The van der Waals surface area contributed by atoms with Gasteiger partial charge in [0.2, 0.25) is 11.8 Å². The summed E-state index contributed by atoms with van der Waals surface area (Å²) in [7, 11) is 0. The van der Waals surface area contributed by atoms with Crippen LogP contribution in [-0.2, 0) is 14.4 Å². The summed E-state index contributed by atoms with van der Waals surface area (Å²) >= 11 is 0. The highest BCUT2D eigenvalue weighted by Crippen LogP contribution is 2.33. The molecule has 0 aromatic carbocycles. The van der Waals surface area contributed by atoms with Gasteiger partial charge in [0.1, 0.15) is 5.54 Å². The molecule has 3 aliphatic rings. The monoisotopic (exact) mass is 294 g/mol. The Morgan fingerprint density at radius 2 is 1.95 bits per heavy atom. The second kappa shape index (κ2) is 5.31. The number of hydrogen-bond donors (Lipinski definition) is 2. The maximum Gasteiger partial charge on any atom is 0.329 e. The summed E-state index contributed by atoms with van der Waals surface area (Å²) in [6.07, 6.45) is 5.18. The molecule has 2 aliphatic carbocycles. The zero-order valence-electron chi connectivity index (χ0n) is 12.1. The first-order valence-electron chi connectivity index (χ1n) is 7.83. The Kier molecular flexibility index (Phi) is 3.63. The summed E-state index contributed by atoms with van der Waals surface area (Å²) in [4.78, 5) is 37.5. The number of carbonyl (C=O) groups excluding carboxylic acids is 2. The molecule has 116 valence electrons. The minimum Gasteiger partial charge on any atom is -0.480 e. The average molecular weight is 294 g/mol. The van der Waals surface area contributed by atoms with Crippen LogP contribution in [0.5, 0.6) is 0 Å². The van der Waals surface area contributed by atoms with Crippen molar-refractivity contribution < 1.29 is 19.5 Å². The van der Waals surface area contributed by atoms with Gasteiger partial charge in [-0.15, -0.1) is 0 Å². The first-order valence-corrected chi connectivity index (χ1v) is 7.83. The average Bonchev–Trinajstić information content (AvgIpc) is 2.98. The van der Waals surface area contributed by atoms with Gasteiger partial charge in [0.25, 0.3) is 0 Å². The Hall–Kier alpha value is -1.59. The van der Waals surface area contributed by atoms with Crippen molar-refractivity contribution in [3.8, 4) is 0 Å². The van der Waals surface area contributed by atoms with Crippen molar-refractivity contribution in [2.45, 2.75) is 50.5 Å². The molecule has 2 saturated carbocycles. The molecule has 3 rings (SSSR count). The summed E-state index contributed by atoms with van der Waals surface area (Å²) in [5, 5.41) is 12.1. The van der Waals surface area contributed by atoms with E-state index in [1.165, 1.54) is 12.8 Å². The third-order valence-electron chi connectivity index (χ3n) is 4.99. The smallest absolute Gasteiger partial charge is 0.329 e. The van der Waals surface area contributed by atoms with Gasteiger partial charge >= 0.3 is 5.97 Å². The van der Waals surface area contributed by atoms with E-state index in [1.807, 2.05) is 0 Å². The van der Waals surface area contributed by atoms with Crippen LogP contribution in [0.4, 0.5) is 0 Å². The van der Waals surface area contributed by atoms with Crippen LogP contribution in [0.15, 0.2) is 0 Å². The molecule has 21 heavy (non-hydrogen) atoms. The number of rotatable bonds is 5. The van der Waals surface area contributed by atoms with Crippen molar-refractivity contribution in [2.75, 3.05) is 13.1 Å². The molecule has 1 atom stereocenters. The Balaban J connectivity index is 1.60. The molecular weight excluding hydrogens is 272 g/mol. The molecule has 2 amide bonds. The van der Waals surface area contributed by atoms with E-state index in [0.29, 0.717) is 25.3 Å². The number of likely N-dealkylation sites (tertiary alicyclic amines) is 1. The third kappa shape index (κ3) is 2.89. The molecule has 0 radical (unpaired) electrons. The van der Waals surface area contributed by atoms with E-state index < -0.39 is 17.4 Å². The van der Waals surface area contributed by atoms with Crippen molar-refractivity contribution in [1.82, 2.24) is 10.2 Å². The molecule has 6 nitrogen and oxygen atoms in total. The lowest BCUT2D eigenvalue weighted by atomic mass is 9.96. The Labute approximate surface area is 123 Å². The number of aliphatic carboxylic acids is 1. The number of hydrogen-bond acceptors (Lipinski definition) is 3. The highest BCUT2D eigenvalue weighted by molar-refractivity contribution is 5.92. The van der Waals surface area contributed by atoms with Gasteiger partial charge in [-0.2, -0.15) is 0 Å². The minimum absolute atomic E-state index is 0.0258. The standard InChI is InChI=1S/C15H22N2O4/c18-12-7-11(9-17(12)8-10-3-4-10)13(19)16-15(14(20)21)5-1-2-6-15/h10-11H,1-9H2,(H,16,19)(H,20,21). The van der Waals surface area contributed by atoms with E-state index in [-0.39, 0.29) is 18.2 Å². The Morgan fingerprint density at radius 1 is 1.29 bits per heavy atom. The third-order valence-corrected chi connectivity index (χ3v) is 4.99. The lowest BCUT2D eigenvalue weighted by Crippen LogP contribution is -2.54. The molecule has 3 fully saturated rings. The molecule has 0 spiro atoms. The van der Waals surface area contributed by atoms with Crippen LogP contribution in [0.3, 0.4) is 0 Å². The van der Waals surface area contributed by atoms with Crippen molar-refractivity contribution in [3.05, 3.63) is 0 Å². The number of nitrogens with zero attached hydrogens (tertiary/aromatic N) is 1. The Bertz CT molecular complexity index is 466. The van der Waals surface area contributed by atoms with E-state index in [2.05, 4.69) is 5.32 Å². The minimum atomic E-state index is -1.11. The van der Waals surface area contributed by atoms with Crippen LogP contribution in [0.25, 0.3) is 0 Å². The predicted molar refractivity (Wildman–Crippen MR) is 74.4 cm³/mol. The van der Waals surface area contributed by atoms with Gasteiger partial charge < -0.3 is 15.3 Å². The van der Waals surface area contributed by atoms with Gasteiger partial charge in [0.15, 0.2) is 0 Å². The van der Waals surface area contributed by atoms with E-state index >= 15 is 0 Å². The number of carboxylic acids is 1. The maximum absolute atomic E-state index is 12.4. The Morgan fingerprint density at radius 3 is 2.52 bits per heavy atom. The predicted octanol–water partition coefficient (Wildman–Crippen LogP) is 0.758. The van der Waals surface area contributed by atoms with E-state index in [9.17, 15) is 19.5 Å². The maximum atomic E-state index is 12.4. The first-order chi connectivity index (χ1) is 10.00. The second-order valence-electron chi connectivity index (χ2n) is 6.73. The van der Waals surface area contributed by atoms with Crippen molar-refractivity contribution in [3.63, 3.8) is 0 Å². The van der Waals surface area contributed by atoms with Crippen molar-refractivity contribution >= 4 is 17.8 Å². The molecule has 6 heteroatoms. The normalized spacial score (nSPS) is 27.9. The SMILES string of the molecule is O=C(NC1(C(=O)O)CCCC1)C1CC(=O)N(CC2CC2)C1. The van der Waals surface area contributed by atoms with Crippen LogP contribution >= 0.6 is 0 Å². The molecule has 1 heterocycles. The molecule has 0 aromatic rings. The highest BCUT2D eigenvalue weighted by atomic mass is 16.4. The molecule has 2 N–H and O–H groups in total. The van der Waals surface area contributed by atoms with Crippen LogP contribution in [-0.4, -0.2) is 46.4 Å². The lowest BCUT2D eigenvalue weighted by molar-refractivity contribution is -0.148. The molecule has 0 bridgehead atoms. The van der Waals surface area contributed by atoms with Gasteiger partial charge in [-0.3, -0.25) is 9.59 Å². The summed E-state index contributed by atoms with van der Waals surface area (Å²) in [5.74, 6) is -0.986. The number of carboxylic acid groups (broad SMARTS) is 1. The molecule has 0 aromatic heterocycles. The first kappa shape index (κ1) is 14.4. The fourth-order valence-electron chi connectivity index (χ4n) is 3.45. The largest absolute Gasteiger partial charge is 0.480 e. The van der Waals surface area contributed by atoms with E-state index in [1.54, 1.807) is 4.90 Å². The zero-order chi connectivity index (χ0) is 15.0. The van der Waals surface area contributed by atoms with Gasteiger partial charge in [-0.25, -0.2) is 4.79 Å². The van der Waals surface area contributed by atoms with Gasteiger partial charge in [-0.1, -0.05) is 12.8 Å². The molecular formula is C15H22N2O4. The van der Waals surface area contributed by atoms with E-state index in [4.69, 9.17) is 0 Å². The number of amides is 2. The number of nitrogens with one attached hydrogen (secondary N) is 1. The van der Waals surface area contributed by atoms with Crippen LogP contribution in [0.2, 0.25) is 0 Å². The fraction of sp³-hybridized carbons (Fsp3) is 0.800. The van der Waals surface area contributed by atoms with Crippen molar-refractivity contribution in [2.24, 2.45) is 11.8 Å². The second-order valence-corrected chi connectivity index (χ2v) is 6.73. The van der Waals surface area contributed by atoms with E-state index in [0.717, 1.165) is 19.4 Å². The summed E-state index contributed by atoms with van der Waals surface area (Å²) < 4.78 is 0. The van der Waals surface area contributed by atoms with Crippen LogP contribution < -0.4 is 5.32 Å². The summed E-state index contributed by atoms with van der Waals surface area (Å²) in [5.41, 5.74) is -1.11. The molecule has 1 unspecified atom stereocenters. The van der Waals surface area contributed by atoms with Gasteiger partial charge in [-0.05, 0) is 31.6 Å². The van der Waals surface area contributed by atoms with Crippen molar-refractivity contribution in [1.29, 1.82) is 0 Å².